The monoisotopic (exact) mass is 248 g/mol. The van der Waals surface area contributed by atoms with E-state index in [-0.39, 0.29) is 6.04 Å². The van der Waals surface area contributed by atoms with Crippen molar-refractivity contribution in [2.75, 3.05) is 18.0 Å². The Bertz CT molecular complexity index is 435. The zero-order chi connectivity index (χ0) is 13.1. The third kappa shape index (κ3) is 2.61. The third-order valence-corrected chi connectivity index (χ3v) is 3.67. The second-order valence-electron chi connectivity index (χ2n) is 4.83. The number of piperidine rings is 1. The van der Waals surface area contributed by atoms with Gasteiger partial charge >= 0.3 is 0 Å². The molecule has 4 N–H and O–H groups in total. The molecule has 1 saturated heterocycles. The van der Waals surface area contributed by atoms with Gasteiger partial charge < -0.3 is 16.4 Å². The highest BCUT2D eigenvalue weighted by Gasteiger charge is 2.26. The predicted octanol–water partition coefficient (Wildman–Crippen LogP) is 0.744. The van der Waals surface area contributed by atoms with Gasteiger partial charge in [0.15, 0.2) is 0 Å². The number of carbonyl (C=O) groups is 1. The van der Waals surface area contributed by atoms with E-state index in [1.165, 1.54) is 0 Å². The molecule has 2 rings (SSSR count). The Kier molecular flexibility index (Phi) is 3.81. The molecule has 1 aliphatic heterocycles. The average molecular weight is 248 g/mol. The maximum Gasteiger partial charge on any atom is 0.248 e. The van der Waals surface area contributed by atoms with Crippen molar-refractivity contribution in [3.05, 3.63) is 23.9 Å². The van der Waals surface area contributed by atoms with Gasteiger partial charge in [0.25, 0.3) is 0 Å². The fourth-order valence-electron chi connectivity index (χ4n) is 2.43. The fourth-order valence-corrected chi connectivity index (χ4v) is 2.43. The van der Waals surface area contributed by atoms with Gasteiger partial charge in [0.05, 0.1) is 0 Å². The van der Waals surface area contributed by atoms with E-state index in [1.54, 1.807) is 18.3 Å². The lowest BCUT2D eigenvalue weighted by Crippen LogP contribution is -2.47. The first-order valence-electron chi connectivity index (χ1n) is 6.38. The first-order chi connectivity index (χ1) is 8.61. The standard InChI is InChI=1S/C13H20N4O/c1-2-9-8-17(6-4-11(9)14)12-7-10(13(15)18)3-5-16-12/h3,5,7,9,11H,2,4,6,8,14H2,1H3,(H2,15,18). The zero-order valence-electron chi connectivity index (χ0n) is 10.7. The SMILES string of the molecule is CCC1CN(c2cc(C(N)=O)ccn2)CCC1N. The molecule has 2 heterocycles. The predicted molar refractivity (Wildman–Crippen MR) is 71.3 cm³/mol. The van der Waals surface area contributed by atoms with Gasteiger partial charge in [-0.25, -0.2) is 4.98 Å². The van der Waals surface area contributed by atoms with Crippen molar-refractivity contribution < 1.29 is 4.79 Å². The van der Waals surface area contributed by atoms with E-state index < -0.39 is 5.91 Å². The van der Waals surface area contributed by atoms with Gasteiger partial charge in [-0.1, -0.05) is 13.3 Å². The summed E-state index contributed by atoms with van der Waals surface area (Å²) in [6.45, 7) is 3.93. The summed E-state index contributed by atoms with van der Waals surface area (Å²) in [5.41, 5.74) is 11.9. The van der Waals surface area contributed by atoms with E-state index in [1.807, 2.05) is 0 Å². The maximum absolute atomic E-state index is 11.2. The Hall–Kier alpha value is -1.62. The molecule has 2 atom stereocenters. The van der Waals surface area contributed by atoms with E-state index in [0.29, 0.717) is 11.5 Å². The molecule has 98 valence electrons. The molecule has 1 fully saturated rings. The van der Waals surface area contributed by atoms with Crippen LogP contribution in [0, 0.1) is 5.92 Å². The van der Waals surface area contributed by atoms with Crippen molar-refractivity contribution in [2.45, 2.75) is 25.8 Å². The summed E-state index contributed by atoms with van der Waals surface area (Å²) in [5, 5.41) is 0. The Labute approximate surface area is 107 Å². The molecule has 1 aliphatic rings. The smallest absolute Gasteiger partial charge is 0.248 e. The van der Waals surface area contributed by atoms with Gasteiger partial charge in [0, 0.05) is 30.9 Å². The van der Waals surface area contributed by atoms with Crippen molar-refractivity contribution in [3.63, 3.8) is 0 Å². The second kappa shape index (κ2) is 5.35. The number of nitrogens with two attached hydrogens (primary N) is 2. The quantitative estimate of drug-likeness (QED) is 0.826. The normalized spacial score (nSPS) is 24.0. The van der Waals surface area contributed by atoms with Crippen LogP contribution >= 0.6 is 0 Å². The van der Waals surface area contributed by atoms with Crippen LogP contribution in [0.1, 0.15) is 30.1 Å². The van der Waals surface area contributed by atoms with Crippen LogP contribution in [-0.2, 0) is 0 Å². The van der Waals surface area contributed by atoms with Crippen molar-refractivity contribution in [1.29, 1.82) is 0 Å². The Morgan fingerprint density at radius 3 is 3.06 bits per heavy atom. The van der Waals surface area contributed by atoms with Gasteiger partial charge in [-0.05, 0) is 24.5 Å². The number of amides is 1. The van der Waals surface area contributed by atoms with Crippen LogP contribution in [-0.4, -0.2) is 30.0 Å². The number of hydrogen-bond donors (Lipinski definition) is 2. The molecule has 5 nitrogen and oxygen atoms in total. The average Bonchev–Trinajstić information content (AvgIpc) is 2.39. The molecule has 2 unspecified atom stereocenters. The number of primary amides is 1. The zero-order valence-corrected chi connectivity index (χ0v) is 10.7. The van der Waals surface area contributed by atoms with Crippen LogP contribution in [0.5, 0.6) is 0 Å². The molecule has 0 aliphatic carbocycles. The highest BCUT2D eigenvalue weighted by molar-refractivity contribution is 5.93. The summed E-state index contributed by atoms with van der Waals surface area (Å²) >= 11 is 0. The molecule has 1 aromatic rings. The van der Waals surface area contributed by atoms with E-state index in [2.05, 4.69) is 16.8 Å². The Morgan fingerprint density at radius 2 is 2.39 bits per heavy atom. The molecule has 0 saturated carbocycles. The highest BCUT2D eigenvalue weighted by atomic mass is 16.1. The molecular formula is C13H20N4O. The summed E-state index contributed by atoms with van der Waals surface area (Å²) in [5.74, 6) is 0.883. The number of carbonyl (C=O) groups excluding carboxylic acids is 1. The number of hydrogen-bond acceptors (Lipinski definition) is 4. The van der Waals surface area contributed by atoms with E-state index in [9.17, 15) is 4.79 Å². The van der Waals surface area contributed by atoms with E-state index >= 15 is 0 Å². The van der Waals surface area contributed by atoms with Crippen LogP contribution in [0.3, 0.4) is 0 Å². The topological polar surface area (TPSA) is 85.2 Å². The Balaban J connectivity index is 2.16. The first kappa shape index (κ1) is 12.8. The van der Waals surface area contributed by atoms with Gasteiger partial charge in [-0.15, -0.1) is 0 Å². The van der Waals surface area contributed by atoms with Crippen LogP contribution in [0.25, 0.3) is 0 Å². The van der Waals surface area contributed by atoms with E-state index in [0.717, 1.165) is 31.7 Å². The van der Waals surface area contributed by atoms with Gasteiger partial charge in [0.1, 0.15) is 5.82 Å². The lowest BCUT2D eigenvalue weighted by atomic mass is 9.91. The summed E-state index contributed by atoms with van der Waals surface area (Å²) in [6.07, 6.45) is 3.65. The van der Waals surface area contributed by atoms with Crippen LogP contribution in [0.4, 0.5) is 5.82 Å². The molecule has 1 amide bonds. The molecule has 0 spiro atoms. The summed E-state index contributed by atoms with van der Waals surface area (Å²) in [6, 6.07) is 3.66. The number of nitrogens with zero attached hydrogens (tertiary/aromatic N) is 2. The maximum atomic E-state index is 11.2. The minimum absolute atomic E-state index is 0.269. The molecule has 0 radical (unpaired) electrons. The Morgan fingerprint density at radius 1 is 1.61 bits per heavy atom. The minimum atomic E-state index is -0.417. The summed E-state index contributed by atoms with van der Waals surface area (Å²) < 4.78 is 0. The molecular weight excluding hydrogens is 228 g/mol. The molecule has 0 aromatic carbocycles. The molecule has 5 heteroatoms. The summed E-state index contributed by atoms with van der Waals surface area (Å²) in [7, 11) is 0. The lowest BCUT2D eigenvalue weighted by Gasteiger charge is -2.37. The second-order valence-corrected chi connectivity index (χ2v) is 4.83. The van der Waals surface area contributed by atoms with Crippen LogP contribution < -0.4 is 16.4 Å². The van der Waals surface area contributed by atoms with Gasteiger partial charge in [-0.2, -0.15) is 0 Å². The van der Waals surface area contributed by atoms with Crippen molar-refractivity contribution in [1.82, 2.24) is 4.98 Å². The fraction of sp³-hybridized carbons (Fsp3) is 0.538. The number of pyridine rings is 1. The van der Waals surface area contributed by atoms with Crippen molar-refractivity contribution >= 4 is 11.7 Å². The molecule has 18 heavy (non-hydrogen) atoms. The number of rotatable bonds is 3. The van der Waals surface area contributed by atoms with Crippen molar-refractivity contribution in [2.24, 2.45) is 17.4 Å². The number of aromatic nitrogens is 1. The van der Waals surface area contributed by atoms with Gasteiger partial charge in [0.2, 0.25) is 5.91 Å². The minimum Gasteiger partial charge on any atom is -0.366 e. The molecule has 0 bridgehead atoms. The highest BCUT2D eigenvalue weighted by Crippen LogP contribution is 2.23. The summed E-state index contributed by atoms with van der Waals surface area (Å²) in [4.78, 5) is 17.7. The lowest BCUT2D eigenvalue weighted by molar-refractivity contribution is 0.1000. The number of anilines is 1. The van der Waals surface area contributed by atoms with E-state index in [4.69, 9.17) is 11.5 Å². The first-order valence-corrected chi connectivity index (χ1v) is 6.38. The van der Waals surface area contributed by atoms with Crippen LogP contribution in [0.2, 0.25) is 0 Å². The van der Waals surface area contributed by atoms with Gasteiger partial charge in [-0.3, -0.25) is 4.79 Å². The van der Waals surface area contributed by atoms with Crippen molar-refractivity contribution in [3.8, 4) is 0 Å². The third-order valence-electron chi connectivity index (χ3n) is 3.67. The molecule has 1 aromatic heterocycles. The van der Waals surface area contributed by atoms with Crippen LogP contribution in [0.15, 0.2) is 18.3 Å². The largest absolute Gasteiger partial charge is 0.366 e.